The predicted octanol–water partition coefficient (Wildman–Crippen LogP) is 2.30. The summed E-state index contributed by atoms with van der Waals surface area (Å²) >= 11 is 0. The van der Waals surface area contributed by atoms with Crippen molar-refractivity contribution in [3.63, 3.8) is 0 Å². The Morgan fingerprint density at radius 1 is 1.13 bits per heavy atom. The normalized spacial score (nSPS) is 19.0. The Labute approximate surface area is 176 Å². The largest absolute Gasteiger partial charge is 0.378 e. The van der Waals surface area contributed by atoms with Crippen LogP contribution in [0, 0.1) is 0 Å². The van der Waals surface area contributed by atoms with E-state index in [-0.39, 0.29) is 6.03 Å². The number of amides is 2. The van der Waals surface area contributed by atoms with Crippen molar-refractivity contribution in [2.75, 3.05) is 43.1 Å². The first-order chi connectivity index (χ1) is 14.8. The lowest BCUT2D eigenvalue weighted by molar-refractivity contribution is 0.122. The predicted molar refractivity (Wildman–Crippen MR) is 116 cm³/mol. The number of nitrogens with zero attached hydrogens (tertiary/aromatic N) is 3. The second-order valence-electron chi connectivity index (χ2n) is 8.13. The van der Waals surface area contributed by atoms with Gasteiger partial charge in [-0.3, -0.25) is 0 Å². The molecule has 1 saturated carbocycles. The molecule has 1 aromatic heterocycles. The molecule has 3 aliphatic rings. The molecule has 5 rings (SSSR count). The van der Waals surface area contributed by atoms with Gasteiger partial charge in [-0.15, -0.1) is 0 Å². The van der Waals surface area contributed by atoms with E-state index in [4.69, 9.17) is 14.7 Å². The Hall–Kier alpha value is -2.71. The quantitative estimate of drug-likeness (QED) is 0.719. The molecule has 0 bridgehead atoms. The van der Waals surface area contributed by atoms with Crippen LogP contribution in [0.5, 0.6) is 0 Å². The third kappa shape index (κ3) is 4.11. The van der Waals surface area contributed by atoms with Crippen molar-refractivity contribution in [2.45, 2.75) is 38.3 Å². The van der Waals surface area contributed by atoms with Crippen molar-refractivity contribution in [1.82, 2.24) is 20.6 Å². The molecule has 1 aromatic carbocycles. The summed E-state index contributed by atoms with van der Waals surface area (Å²) in [5.41, 5.74) is 4.06. The van der Waals surface area contributed by atoms with E-state index in [9.17, 15) is 4.79 Å². The fourth-order valence-electron chi connectivity index (χ4n) is 4.10. The Balaban J connectivity index is 1.37. The summed E-state index contributed by atoms with van der Waals surface area (Å²) in [5, 5.41) is 9.35. The van der Waals surface area contributed by atoms with E-state index in [0.29, 0.717) is 6.04 Å². The lowest BCUT2D eigenvalue weighted by Crippen LogP contribution is -2.41. The summed E-state index contributed by atoms with van der Waals surface area (Å²) in [6, 6.07) is 7.96. The van der Waals surface area contributed by atoms with Crippen molar-refractivity contribution in [1.29, 1.82) is 0 Å². The van der Waals surface area contributed by atoms with Gasteiger partial charge in [-0.2, -0.15) is 0 Å². The number of hydrogen-bond donors (Lipinski definition) is 3. The van der Waals surface area contributed by atoms with Gasteiger partial charge in [0.25, 0.3) is 0 Å². The van der Waals surface area contributed by atoms with Crippen LogP contribution in [-0.4, -0.2) is 54.9 Å². The Morgan fingerprint density at radius 2 is 1.93 bits per heavy atom. The highest BCUT2D eigenvalue weighted by Crippen LogP contribution is 2.28. The zero-order chi connectivity index (χ0) is 20.3. The molecular formula is C22H28N6O2. The van der Waals surface area contributed by atoms with Crippen LogP contribution in [0.3, 0.4) is 0 Å². The summed E-state index contributed by atoms with van der Waals surface area (Å²) in [6.07, 6.45) is 4.25. The molecule has 158 valence electrons. The minimum Gasteiger partial charge on any atom is -0.378 e. The van der Waals surface area contributed by atoms with Gasteiger partial charge in [-0.1, -0.05) is 0 Å². The highest BCUT2D eigenvalue weighted by atomic mass is 16.5. The molecule has 1 aliphatic carbocycles. The summed E-state index contributed by atoms with van der Waals surface area (Å²) in [7, 11) is 0. The second-order valence-corrected chi connectivity index (χ2v) is 8.13. The number of urea groups is 1. The van der Waals surface area contributed by atoms with Crippen LogP contribution < -0.4 is 20.9 Å². The van der Waals surface area contributed by atoms with E-state index in [1.54, 1.807) is 0 Å². The van der Waals surface area contributed by atoms with E-state index < -0.39 is 0 Å². The van der Waals surface area contributed by atoms with Gasteiger partial charge in [0.2, 0.25) is 0 Å². The molecule has 3 N–H and O–H groups in total. The van der Waals surface area contributed by atoms with E-state index in [1.165, 1.54) is 12.0 Å². The average Bonchev–Trinajstić information content (AvgIpc) is 2.77. The van der Waals surface area contributed by atoms with E-state index in [2.05, 4.69) is 20.9 Å². The molecule has 0 spiro atoms. The number of morpholine rings is 1. The summed E-state index contributed by atoms with van der Waals surface area (Å²) in [6.45, 7) is 4.89. The smallest absolute Gasteiger partial charge is 0.319 e. The molecule has 3 heterocycles. The third-order valence-electron chi connectivity index (χ3n) is 6.06. The molecule has 0 atom stereocenters. The lowest BCUT2D eigenvalue weighted by atomic mass is 9.93. The number of nitrogens with one attached hydrogen (secondary N) is 3. The second kappa shape index (κ2) is 8.57. The summed E-state index contributed by atoms with van der Waals surface area (Å²) < 4.78 is 5.52. The number of carbonyl (C=O) groups is 1. The van der Waals surface area contributed by atoms with Crippen LogP contribution in [0.2, 0.25) is 0 Å². The van der Waals surface area contributed by atoms with Crippen molar-refractivity contribution < 1.29 is 9.53 Å². The van der Waals surface area contributed by atoms with Crippen molar-refractivity contribution >= 4 is 17.5 Å². The molecule has 0 unspecified atom stereocenters. The summed E-state index contributed by atoms with van der Waals surface area (Å²) in [5.74, 6) is 1.76. The molecule has 1 saturated heterocycles. The van der Waals surface area contributed by atoms with Gasteiger partial charge >= 0.3 is 6.03 Å². The lowest BCUT2D eigenvalue weighted by Gasteiger charge is -2.31. The topological polar surface area (TPSA) is 91.4 Å². The van der Waals surface area contributed by atoms with Crippen LogP contribution in [0.25, 0.3) is 11.4 Å². The molecular weight excluding hydrogens is 380 g/mol. The maximum atomic E-state index is 12.1. The fraction of sp³-hybridized carbons (Fsp3) is 0.500. The zero-order valence-electron chi connectivity index (χ0n) is 17.1. The van der Waals surface area contributed by atoms with Crippen LogP contribution in [0.4, 0.5) is 16.3 Å². The fourth-order valence-corrected chi connectivity index (χ4v) is 4.10. The van der Waals surface area contributed by atoms with Gasteiger partial charge < -0.3 is 25.6 Å². The third-order valence-corrected chi connectivity index (χ3v) is 6.06. The number of carbonyl (C=O) groups excluding carboxylic acids is 1. The first kappa shape index (κ1) is 19.3. The number of benzene rings is 1. The van der Waals surface area contributed by atoms with Gasteiger partial charge in [0, 0.05) is 55.5 Å². The number of aromatic nitrogens is 2. The first-order valence-electron chi connectivity index (χ1n) is 10.9. The van der Waals surface area contributed by atoms with Crippen LogP contribution in [0.1, 0.15) is 30.5 Å². The summed E-state index contributed by atoms with van der Waals surface area (Å²) in [4.78, 5) is 24.2. The van der Waals surface area contributed by atoms with E-state index >= 15 is 0 Å². The maximum Gasteiger partial charge on any atom is 0.319 e. The number of anilines is 2. The maximum absolute atomic E-state index is 12.1. The van der Waals surface area contributed by atoms with Crippen LogP contribution in [-0.2, 0) is 17.7 Å². The molecule has 2 fully saturated rings. The molecule has 8 nitrogen and oxygen atoms in total. The zero-order valence-corrected chi connectivity index (χ0v) is 17.1. The standard InChI is InChI=1S/C22H28N6O2/c29-22(24-16-2-1-3-16)25-17-6-4-15(5-7-17)20-26-19-8-9-23-14-18(19)21(27-20)28-10-12-30-13-11-28/h4-7,16,23H,1-3,8-14H2,(H2,24,25,29). The van der Waals surface area contributed by atoms with Crippen molar-refractivity contribution in [3.8, 4) is 11.4 Å². The van der Waals surface area contributed by atoms with Gasteiger partial charge in [0.15, 0.2) is 5.82 Å². The number of rotatable bonds is 4. The molecule has 2 aromatic rings. The molecule has 30 heavy (non-hydrogen) atoms. The number of ether oxygens (including phenoxy) is 1. The van der Waals surface area contributed by atoms with Crippen molar-refractivity contribution in [2.24, 2.45) is 0 Å². The minimum atomic E-state index is -0.139. The first-order valence-corrected chi connectivity index (χ1v) is 10.9. The highest BCUT2D eigenvalue weighted by molar-refractivity contribution is 5.89. The van der Waals surface area contributed by atoms with E-state index in [0.717, 1.165) is 87.2 Å². The molecule has 2 amide bonds. The van der Waals surface area contributed by atoms with Gasteiger partial charge in [0.1, 0.15) is 5.82 Å². The highest BCUT2D eigenvalue weighted by Gasteiger charge is 2.23. The molecule has 0 radical (unpaired) electrons. The van der Waals surface area contributed by atoms with Gasteiger partial charge in [-0.05, 0) is 43.5 Å². The van der Waals surface area contributed by atoms with Gasteiger partial charge in [0.05, 0.1) is 18.9 Å². The SMILES string of the molecule is O=C(Nc1ccc(-c2nc3c(c(N4CCOCC4)n2)CNCC3)cc1)NC1CCC1. The molecule has 8 heteroatoms. The average molecular weight is 409 g/mol. The Bertz CT molecular complexity index is 907. The monoisotopic (exact) mass is 408 g/mol. The van der Waals surface area contributed by atoms with Crippen LogP contribution >= 0.6 is 0 Å². The Morgan fingerprint density at radius 3 is 2.67 bits per heavy atom. The van der Waals surface area contributed by atoms with Crippen molar-refractivity contribution in [3.05, 3.63) is 35.5 Å². The van der Waals surface area contributed by atoms with E-state index in [1.807, 2.05) is 24.3 Å². The number of fused-ring (bicyclic) bond motifs is 1. The van der Waals surface area contributed by atoms with Gasteiger partial charge in [-0.25, -0.2) is 14.8 Å². The minimum absolute atomic E-state index is 0.139. The number of hydrogen-bond acceptors (Lipinski definition) is 6. The Kier molecular flexibility index (Phi) is 5.50. The molecule has 2 aliphatic heterocycles. The van der Waals surface area contributed by atoms with Crippen LogP contribution in [0.15, 0.2) is 24.3 Å².